The van der Waals surface area contributed by atoms with Crippen LogP contribution in [0.25, 0.3) is 0 Å². The Hall–Kier alpha value is -2.64. The number of rotatable bonds is 15. The van der Waals surface area contributed by atoms with E-state index in [2.05, 4.69) is 23.8 Å². The summed E-state index contributed by atoms with van der Waals surface area (Å²) in [5, 5.41) is 5.76. The van der Waals surface area contributed by atoms with Crippen molar-refractivity contribution in [2.75, 3.05) is 13.2 Å². The molecule has 35 heavy (non-hydrogen) atoms. The van der Waals surface area contributed by atoms with Gasteiger partial charge in [0.2, 0.25) is 11.8 Å². The van der Waals surface area contributed by atoms with Crippen molar-refractivity contribution >= 4 is 23.8 Å². The van der Waals surface area contributed by atoms with Crippen LogP contribution in [0.4, 0.5) is 0 Å². The summed E-state index contributed by atoms with van der Waals surface area (Å²) in [6.45, 7) is 17.5. The van der Waals surface area contributed by atoms with Crippen LogP contribution in [-0.4, -0.2) is 48.0 Å². The molecule has 0 aromatic carbocycles. The van der Waals surface area contributed by atoms with Gasteiger partial charge in [-0.05, 0) is 50.9 Å². The molecule has 2 aliphatic rings. The molecule has 0 aromatic heterocycles. The van der Waals surface area contributed by atoms with Crippen LogP contribution in [0.5, 0.6) is 0 Å². The van der Waals surface area contributed by atoms with E-state index in [1.165, 1.54) is 0 Å². The number of carbonyl (C=O) groups excluding carboxylic acids is 4. The highest BCUT2D eigenvalue weighted by molar-refractivity contribution is 5.92. The number of nitrogens with one attached hydrogen (secondary N) is 2. The second-order valence-corrected chi connectivity index (χ2v) is 10.8. The molecule has 0 aromatic rings. The van der Waals surface area contributed by atoms with Crippen molar-refractivity contribution in [3.8, 4) is 0 Å². The third-order valence-electron chi connectivity index (χ3n) is 7.01. The summed E-state index contributed by atoms with van der Waals surface area (Å²) in [7, 11) is 0. The average molecular weight is 491 g/mol. The molecule has 0 saturated heterocycles. The highest BCUT2D eigenvalue weighted by atomic mass is 16.5. The van der Waals surface area contributed by atoms with E-state index in [1.807, 2.05) is 20.8 Å². The summed E-state index contributed by atoms with van der Waals surface area (Å²) < 4.78 is 10.3. The number of hydrogen-bond acceptors (Lipinski definition) is 6. The summed E-state index contributed by atoms with van der Waals surface area (Å²) in [4.78, 5) is 50.1. The Morgan fingerprint density at radius 2 is 1.40 bits per heavy atom. The van der Waals surface area contributed by atoms with E-state index in [-0.39, 0.29) is 61.0 Å². The number of esters is 2. The standard InChI is InChI=1S/C27H42N2O6/c1-8-19-15-26(19,23(32)34-10-3)28-21(30)13-12-18(5)14-25(6,7)17-22(31)29-27(16-20(27)9-2)24(33)35-11-4/h8-9,18-20H,1-2,10-17H2,3-7H3,(H,28,30)(H,29,31). The van der Waals surface area contributed by atoms with Crippen molar-refractivity contribution in [1.29, 1.82) is 0 Å². The molecular formula is C27H42N2O6. The first-order valence-corrected chi connectivity index (χ1v) is 12.6. The van der Waals surface area contributed by atoms with Crippen LogP contribution in [0.3, 0.4) is 0 Å². The molecule has 0 radical (unpaired) electrons. The van der Waals surface area contributed by atoms with E-state index in [0.717, 1.165) is 6.42 Å². The largest absolute Gasteiger partial charge is 0.464 e. The summed E-state index contributed by atoms with van der Waals surface area (Å²) in [6.07, 6.45) is 6.26. The molecule has 5 unspecified atom stereocenters. The van der Waals surface area contributed by atoms with Crippen molar-refractivity contribution < 1.29 is 28.7 Å². The Morgan fingerprint density at radius 3 is 1.80 bits per heavy atom. The minimum atomic E-state index is -0.990. The monoisotopic (exact) mass is 490 g/mol. The molecule has 8 heteroatoms. The van der Waals surface area contributed by atoms with E-state index >= 15 is 0 Å². The lowest BCUT2D eigenvalue weighted by molar-refractivity contribution is -0.149. The number of hydrogen-bond donors (Lipinski definition) is 2. The van der Waals surface area contributed by atoms with Gasteiger partial charge in [0.1, 0.15) is 11.1 Å². The summed E-state index contributed by atoms with van der Waals surface area (Å²) in [6, 6.07) is 0. The summed E-state index contributed by atoms with van der Waals surface area (Å²) >= 11 is 0. The Morgan fingerprint density at radius 1 is 0.943 bits per heavy atom. The quantitative estimate of drug-likeness (QED) is 0.269. The zero-order valence-electron chi connectivity index (χ0n) is 21.9. The van der Waals surface area contributed by atoms with Gasteiger partial charge >= 0.3 is 11.9 Å². The van der Waals surface area contributed by atoms with Gasteiger partial charge in [-0.1, -0.05) is 32.9 Å². The molecular weight excluding hydrogens is 448 g/mol. The molecule has 2 saturated carbocycles. The van der Waals surface area contributed by atoms with Crippen LogP contribution < -0.4 is 10.6 Å². The Kier molecular flexibility index (Phi) is 9.31. The van der Waals surface area contributed by atoms with Gasteiger partial charge in [0.15, 0.2) is 0 Å². The van der Waals surface area contributed by atoms with Crippen molar-refractivity contribution in [1.82, 2.24) is 10.6 Å². The normalized spacial score (nSPS) is 27.7. The van der Waals surface area contributed by atoms with Crippen LogP contribution in [0.2, 0.25) is 0 Å². The molecule has 2 amide bonds. The minimum Gasteiger partial charge on any atom is -0.464 e. The van der Waals surface area contributed by atoms with Crippen LogP contribution in [0.15, 0.2) is 25.3 Å². The maximum Gasteiger partial charge on any atom is 0.332 e. The SMILES string of the molecule is C=CC1CC1(NC(=O)CCC(C)CC(C)(C)CC(=O)NC1(C(=O)OCC)CC1C=C)C(=O)OCC. The highest BCUT2D eigenvalue weighted by Gasteiger charge is 2.61. The van der Waals surface area contributed by atoms with E-state index < -0.39 is 23.0 Å². The van der Waals surface area contributed by atoms with Gasteiger partial charge < -0.3 is 20.1 Å². The maximum absolute atomic E-state index is 12.8. The third-order valence-corrected chi connectivity index (χ3v) is 7.01. The Labute approximate surface area is 209 Å². The topological polar surface area (TPSA) is 111 Å². The van der Waals surface area contributed by atoms with E-state index in [9.17, 15) is 19.2 Å². The lowest BCUT2D eigenvalue weighted by atomic mass is 9.79. The Balaban J connectivity index is 1.83. The predicted molar refractivity (Wildman–Crippen MR) is 133 cm³/mol. The fourth-order valence-corrected chi connectivity index (χ4v) is 5.06. The first-order chi connectivity index (χ1) is 16.4. The molecule has 2 fully saturated rings. The average Bonchev–Trinajstić information content (AvgIpc) is 3.66. The van der Waals surface area contributed by atoms with Gasteiger partial charge in [0.05, 0.1) is 13.2 Å². The van der Waals surface area contributed by atoms with Gasteiger partial charge in [-0.2, -0.15) is 0 Å². The van der Waals surface area contributed by atoms with Gasteiger partial charge in [-0.15, -0.1) is 13.2 Å². The minimum absolute atomic E-state index is 0.106. The van der Waals surface area contributed by atoms with E-state index in [1.54, 1.807) is 26.0 Å². The highest BCUT2D eigenvalue weighted by Crippen LogP contribution is 2.46. The fourth-order valence-electron chi connectivity index (χ4n) is 5.06. The zero-order chi connectivity index (χ0) is 26.4. The van der Waals surface area contributed by atoms with Crippen molar-refractivity contribution in [3.63, 3.8) is 0 Å². The Bertz CT molecular complexity index is 853. The molecule has 0 bridgehead atoms. The van der Waals surface area contributed by atoms with Crippen molar-refractivity contribution in [3.05, 3.63) is 25.3 Å². The van der Waals surface area contributed by atoms with Crippen LogP contribution >= 0.6 is 0 Å². The molecule has 196 valence electrons. The molecule has 0 heterocycles. The van der Waals surface area contributed by atoms with E-state index in [4.69, 9.17) is 9.47 Å². The maximum atomic E-state index is 12.8. The number of amides is 2. The van der Waals surface area contributed by atoms with E-state index in [0.29, 0.717) is 19.3 Å². The molecule has 0 spiro atoms. The van der Waals surface area contributed by atoms with Crippen molar-refractivity contribution in [2.24, 2.45) is 23.2 Å². The molecule has 2 aliphatic carbocycles. The summed E-state index contributed by atoms with van der Waals surface area (Å²) in [5.74, 6) is -1.25. The fraction of sp³-hybridized carbons (Fsp3) is 0.704. The first-order valence-electron chi connectivity index (χ1n) is 12.6. The second-order valence-electron chi connectivity index (χ2n) is 10.8. The van der Waals surface area contributed by atoms with Gasteiger partial charge in [-0.3, -0.25) is 9.59 Å². The molecule has 0 aliphatic heterocycles. The van der Waals surface area contributed by atoms with Gasteiger partial charge in [-0.25, -0.2) is 9.59 Å². The van der Waals surface area contributed by atoms with Gasteiger partial charge in [0.25, 0.3) is 0 Å². The van der Waals surface area contributed by atoms with Gasteiger partial charge in [0, 0.05) is 24.7 Å². The first kappa shape index (κ1) is 28.6. The zero-order valence-corrected chi connectivity index (χ0v) is 21.9. The molecule has 2 rings (SSSR count). The number of carbonyl (C=O) groups is 4. The lowest BCUT2D eigenvalue weighted by Crippen LogP contribution is -2.47. The third kappa shape index (κ3) is 6.95. The van der Waals surface area contributed by atoms with Crippen molar-refractivity contribution in [2.45, 2.75) is 84.2 Å². The second kappa shape index (κ2) is 11.4. The smallest absolute Gasteiger partial charge is 0.332 e. The molecule has 5 atom stereocenters. The predicted octanol–water partition coefficient (Wildman–Crippen LogP) is 3.46. The molecule has 8 nitrogen and oxygen atoms in total. The molecule has 2 N–H and O–H groups in total. The van der Waals surface area contributed by atoms with Crippen LogP contribution in [-0.2, 0) is 28.7 Å². The number of ether oxygens (including phenoxy) is 2. The lowest BCUT2D eigenvalue weighted by Gasteiger charge is -2.28. The van der Waals surface area contributed by atoms with Crippen LogP contribution in [0, 0.1) is 23.2 Å². The summed E-state index contributed by atoms with van der Waals surface area (Å²) in [5.41, 5.74) is -2.29. The van der Waals surface area contributed by atoms with Crippen LogP contribution in [0.1, 0.15) is 73.1 Å².